The van der Waals surface area contributed by atoms with Gasteiger partial charge in [-0.1, -0.05) is 13.0 Å². The third kappa shape index (κ3) is 2.13. The fourth-order valence-corrected chi connectivity index (χ4v) is 3.50. The summed E-state index contributed by atoms with van der Waals surface area (Å²) in [5.74, 6) is -0.260. The summed E-state index contributed by atoms with van der Waals surface area (Å²) < 4.78 is 16.2. The standard InChI is InChI=1S/C14H13FN2S2/c1-2-9-6-7-19-12(9)8-17-11-5-3-4-10(15)13(11)16-14(17)18/h3-7H,2,8H2,1H3,(H,16,18). The Morgan fingerprint density at radius 3 is 3.00 bits per heavy atom. The lowest BCUT2D eigenvalue weighted by Gasteiger charge is -2.05. The van der Waals surface area contributed by atoms with E-state index in [1.807, 2.05) is 10.6 Å². The number of thiophene rings is 1. The highest BCUT2D eigenvalue weighted by atomic mass is 32.1. The van der Waals surface area contributed by atoms with E-state index >= 15 is 0 Å². The van der Waals surface area contributed by atoms with Gasteiger partial charge in [-0.15, -0.1) is 11.3 Å². The summed E-state index contributed by atoms with van der Waals surface area (Å²) >= 11 is 7.03. The molecule has 0 saturated carbocycles. The van der Waals surface area contributed by atoms with Crippen LogP contribution in [0.15, 0.2) is 29.6 Å². The Kier molecular flexibility index (Phi) is 3.24. The minimum absolute atomic E-state index is 0.260. The predicted octanol–water partition coefficient (Wildman–Crippen LogP) is 4.51. The summed E-state index contributed by atoms with van der Waals surface area (Å²) in [6.07, 6.45) is 1.00. The minimum atomic E-state index is -0.260. The first-order valence-electron chi connectivity index (χ1n) is 6.13. The van der Waals surface area contributed by atoms with Gasteiger partial charge in [0.2, 0.25) is 0 Å². The van der Waals surface area contributed by atoms with Crippen molar-refractivity contribution in [2.45, 2.75) is 19.9 Å². The molecule has 0 spiro atoms. The third-order valence-electron chi connectivity index (χ3n) is 3.28. The second-order valence-corrected chi connectivity index (χ2v) is 5.76. The van der Waals surface area contributed by atoms with Gasteiger partial charge in [0.1, 0.15) is 11.3 Å². The van der Waals surface area contributed by atoms with Crippen LogP contribution in [-0.4, -0.2) is 9.55 Å². The monoisotopic (exact) mass is 292 g/mol. The van der Waals surface area contributed by atoms with Crippen LogP contribution < -0.4 is 0 Å². The number of rotatable bonds is 3. The third-order valence-corrected chi connectivity index (χ3v) is 4.55. The lowest BCUT2D eigenvalue weighted by atomic mass is 10.2. The smallest absolute Gasteiger partial charge is 0.178 e. The van der Waals surface area contributed by atoms with Crippen molar-refractivity contribution in [2.24, 2.45) is 0 Å². The molecule has 0 aliphatic heterocycles. The molecule has 3 rings (SSSR count). The normalized spacial score (nSPS) is 11.3. The van der Waals surface area contributed by atoms with E-state index in [9.17, 15) is 4.39 Å². The van der Waals surface area contributed by atoms with Gasteiger partial charge in [0, 0.05) is 4.88 Å². The highest BCUT2D eigenvalue weighted by Gasteiger charge is 2.10. The number of fused-ring (bicyclic) bond motifs is 1. The zero-order valence-electron chi connectivity index (χ0n) is 10.4. The van der Waals surface area contributed by atoms with Crippen molar-refractivity contribution in [3.63, 3.8) is 0 Å². The molecule has 2 nitrogen and oxygen atoms in total. The van der Waals surface area contributed by atoms with Crippen molar-refractivity contribution in [1.29, 1.82) is 0 Å². The molecule has 19 heavy (non-hydrogen) atoms. The number of halogens is 1. The number of hydrogen-bond donors (Lipinski definition) is 1. The Labute approximate surface area is 119 Å². The second-order valence-electron chi connectivity index (χ2n) is 4.37. The summed E-state index contributed by atoms with van der Waals surface area (Å²) in [6.45, 7) is 2.84. The Morgan fingerprint density at radius 1 is 1.37 bits per heavy atom. The SMILES string of the molecule is CCc1ccsc1Cn1c(=S)[nH]c2c(F)cccc21. The zero-order valence-corrected chi connectivity index (χ0v) is 12.1. The molecule has 0 amide bonds. The van der Waals surface area contributed by atoms with E-state index in [4.69, 9.17) is 12.2 Å². The number of H-pyrrole nitrogens is 1. The molecule has 0 radical (unpaired) electrons. The fraction of sp³-hybridized carbons (Fsp3) is 0.214. The van der Waals surface area contributed by atoms with Gasteiger partial charge in [0.05, 0.1) is 12.1 Å². The van der Waals surface area contributed by atoms with Gasteiger partial charge in [0.25, 0.3) is 0 Å². The number of aromatic nitrogens is 2. The molecule has 2 aromatic heterocycles. The van der Waals surface area contributed by atoms with Crippen LogP contribution in [0.2, 0.25) is 0 Å². The molecule has 98 valence electrons. The Bertz CT molecular complexity index is 782. The van der Waals surface area contributed by atoms with E-state index in [1.165, 1.54) is 16.5 Å². The minimum Gasteiger partial charge on any atom is -0.328 e. The van der Waals surface area contributed by atoms with Crippen LogP contribution in [0.3, 0.4) is 0 Å². The molecule has 0 aliphatic carbocycles. The molecule has 0 atom stereocenters. The lowest BCUT2D eigenvalue weighted by Crippen LogP contribution is -2.00. The largest absolute Gasteiger partial charge is 0.328 e. The molecule has 1 aromatic carbocycles. The van der Waals surface area contributed by atoms with Crippen LogP contribution in [0.25, 0.3) is 11.0 Å². The molecule has 3 aromatic rings. The average Bonchev–Trinajstić information content (AvgIpc) is 2.97. The zero-order chi connectivity index (χ0) is 13.4. The van der Waals surface area contributed by atoms with Gasteiger partial charge in [-0.25, -0.2) is 4.39 Å². The van der Waals surface area contributed by atoms with Crippen molar-refractivity contribution >= 4 is 34.6 Å². The number of nitrogens with one attached hydrogen (secondary N) is 1. The van der Waals surface area contributed by atoms with Gasteiger partial charge in [-0.3, -0.25) is 0 Å². The fourth-order valence-electron chi connectivity index (χ4n) is 2.27. The molecule has 0 aliphatic rings. The van der Waals surface area contributed by atoms with Crippen LogP contribution in [-0.2, 0) is 13.0 Å². The molecule has 1 N–H and O–H groups in total. The molecule has 0 unspecified atom stereocenters. The molecule has 0 fully saturated rings. The van der Waals surface area contributed by atoms with Crippen molar-refractivity contribution < 1.29 is 4.39 Å². The van der Waals surface area contributed by atoms with Crippen LogP contribution in [0.4, 0.5) is 4.39 Å². The summed E-state index contributed by atoms with van der Waals surface area (Å²) in [5.41, 5.74) is 2.64. The van der Waals surface area contributed by atoms with Crippen LogP contribution in [0.5, 0.6) is 0 Å². The summed E-state index contributed by atoms with van der Waals surface area (Å²) in [7, 11) is 0. The number of imidazole rings is 1. The van der Waals surface area contributed by atoms with Crippen molar-refractivity contribution in [2.75, 3.05) is 0 Å². The number of aryl methyl sites for hydroxylation is 1. The quantitative estimate of drug-likeness (QED) is 0.704. The van der Waals surface area contributed by atoms with Crippen molar-refractivity contribution in [3.8, 4) is 0 Å². The second kappa shape index (κ2) is 4.90. The highest BCUT2D eigenvalue weighted by molar-refractivity contribution is 7.71. The maximum Gasteiger partial charge on any atom is 0.178 e. The van der Waals surface area contributed by atoms with E-state index in [0.29, 0.717) is 16.8 Å². The van der Waals surface area contributed by atoms with E-state index in [1.54, 1.807) is 17.4 Å². The number of nitrogens with zero attached hydrogens (tertiary/aromatic N) is 1. The van der Waals surface area contributed by atoms with Gasteiger partial charge in [-0.05, 0) is 47.8 Å². The average molecular weight is 292 g/mol. The maximum absolute atomic E-state index is 13.7. The van der Waals surface area contributed by atoms with Crippen LogP contribution in [0.1, 0.15) is 17.4 Å². The van der Waals surface area contributed by atoms with Gasteiger partial charge < -0.3 is 9.55 Å². The van der Waals surface area contributed by atoms with E-state index in [0.717, 1.165) is 11.9 Å². The number of aromatic amines is 1. The molecule has 5 heteroatoms. The lowest BCUT2D eigenvalue weighted by molar-refractivity contribution is 0.637. The summed E-state index contributed by atoms with van der Waals surface area (Å²) in [5, 5.41) is 2.09. The van der Waals surface area contributed by atoms with Crippen molar-refractivity contribution in [3.05, 3.63) is 50.7 Å². The first kappa shape index (κ1) is 12.6. The maximum atomic E-state index is 13.7. The first-order chi connectivity index (χ1) is 9.20. The van der Waals surface area contributed by atoms with Gasteiger partial charge >= 0.3 is 0 Å². The summed E-state index contributed by atoms with van der Waals surface area (Å²) in [6, 6.07) is 7.19. The molecule has 0 saturated heterocycles. The molecular formula is C14H13FN2S2. The Balaban J connectivity index is 2.13. The van der Waals surface area contributed by atoms with E-state index < -0.39 is 0 Å². The Morgan fingerprint density at radius 2 is 2.21 bits per heavy atom. The van der Waals surface area contributed by atoms with E-state index in [-0.39, 0.29) is 5.82 Å². The predicted molar refractivity (Wildman–Crippen MR) is 79.9 cm³/mol. The molecular weight excluding hydrogens is 279 g/mol. The first-order valence-corrected chi connectivity index (χ1v) is 7.41. The molecule has 2 heterocycles. The highest BCUT2D eigenvalue weighted by Crippen LogP contribution is 2.23. The van der Waals surface area contributed by atoms with Crippen LogP contribution in [0, 0.1) is 10.6 Å². The van der Waals surface area contributed by atoms with Crippen molar-refractivity contribution in [1.82, 2.24) is 9.55 Å². The summed E-state index contributed by atoms with van der Waals surface area (Å²) in [4.78, 5) is 4.23. The number of para-hydroxylation sites is 1. The number of benzene rings is 1. The van der Waals surface area contributed by atoms with Gasteiger partial charge in [-0.2, -0.15) is 0 Å². The Hall–Kier alpha value is -1.46. The van der Waals surface area contributed by atoms with Crippen LogP contribution >= 0.6 is 23.6 Å². The van der Waals surface area contributed by atoms with E-state index in [2.05, 4.69) is 23.4 Å². The molecule has 0 bridgehead atoms. The van der Waals surface area contributed by atoms with Gasteiger partial charge in [0.15, 0.2) is 4.77 Å². The topological polar surface area (TPSA) is 20.7 Å². The number of hydrogen-bond acceptors (Lipinski definition) is 2.